The van der Waals surface area contributed by atoms with Gasteiger partial charge in [-0.3, -0.25) is 4.79 Å². The average Bonchev–Trinajstić information content (AvgIpc) is 3.21. The van der Waals surface area contributed by atoms with Crippen molar-refractivity contribution < 1.29 is 23.8 Å². The van der Waals surface area contributed by atoms with E-state index in [1.807, 2.05) is 49.6 Å². The van der Waals surface area contributed by atoms with Crippen molar-refractivity contribution in [2.75, 3.05) is 26.3 Å². The Balaban J connectivity index is 1.80. The summed E-state index contributed by atoms with van der Waals surface area (Å²) < 4.78 is 15.2. The van der Waals surface area contributed by atoms with E-state index in [-0.39, 0.29) is 12.7 Å². The van der Waals surface area contributed by atoms with Gasteiger partial charge in [0.25, 0.3) is 0 Å². The van der Waals surface area contributed by atoms with Gasteiger partial charge in [-0.1, -0.05) is 35.9 Å². The van der Waals surface area contributed by atoms with Crippen molar-refractivity contribution in [2.24, 2.45) is 0 Å². The van der Waals surface area contributed by atoms with Crippen LogP contribution in [0.3, 0.4) is 0 Å². The topological polar surface area (TPSA) is 73.9 Å². The standard InChI is InChI=1S/C25H25NO5S/c1-16-5-6-17(2)20(13-16)21-14-32-24(23(21)25(28)30-4)26-22(27)12-9-18-7-10-19(11-8-18)31-15-29-3/h5-14H,15H2,1-4H3,(H,26,27)/b12-9+. The Morgan fingerprint density at radius 3 is 2.47 bits per heavy atom. The molecule has 1 amide bonds. The zero-order chi connectivity index (χ0) is 23.1. The molecule has 166 valence electrons. The zero-order valence-electron chi connectivity index (χ0n) is 18.4. The minimum atomic E-state index is -0.493. The van der Waals surface area contributed by atoms with Gasteiger partial charge in [0.1, 0.15) is 16.3 Å². The summed E-state index contributed by atoms with van der Waals surface area (Å²) in [4.78, 5) is 25.1. The SMILES string of the molecule is COCOc1ccc(/C=C/C(=O)Nc2scc(-c3cc(C)ccc3C)c2C(=O)OC)cc1. The van der Waals surface area contributed by atoms with Crippen molar-refractivity contribution in [3.8, 4) is 16.9 Å². The Bertz CT molecular complexity index is 1130. The lowest BCUT2D eigenvalue weighted by Gasteiger charge is -2.09. The summed E-state index contributed by atoms with van der Waals surface area (Å²) in [5.41, 5.74) is 4.99. The van der Waals surface area contributed by atoms with E-state index < -0.39 is 5.97 Å². The predicted molar refractivity (Wildman–Crippen MR) is 127 cm³/mol. The van der Waals surface area contributed by atoms with Gasteiger partial charge in [-0.2, -0.15) is 0 Å². The van der Waals surface area contributed by atoms with Gasteiger partial charge in [-0.15, -0.1) is 11.3 Å². The fourth-order valence-corrected chi connectivity index (χ4v) is 4.06. The molecule has 0 atom stereocenters. The van der Waals surface area contributed by atoms with Crippen LogP contribution in [0.2, 0.25) is 0 Å². The molecule has 7 heteroatoms. The molecule has 0 radical (unpaired) electrons. The van der Waals surface area contributed by atoms with Crippen LogP contribution in [0.1, 0.15) is 27.0 Å². The lowest BCUT2D eigenvalue weighted by Crippen LogP contribution is -2.11. The number of benzene rings is 2. The van der Waals surface area contributed by atoms with Crippen LogP contribution in [0.4, 0.5) is 5.00 Å². The number of ether oxygens (including phenoxy) is 3. The van der Waals surface area contributed by atoms with Crippen molar-refractivity contribution in [3.63, 3.8) is 0 Å². The highest BCUT2D eigenvalue weighted by Gasteiger charge is 2.22. The molecule has 0 bridgehead atoms. The molecule has 0 saturated carbocycles. The molecule has 1 heterocycles. The third-order valence-electron chi connectivity index (χ3n) is 4.75. The van der Waals surface area contributed by atoms with Crippen LogP contribution >= 0.6 is 11.3 Å². The predicted octanol–water partition coefficient (Wildman–Crippen LogP) is 5.45. The van der Waals surface area contributed by atoms with Gasteiger partial charge in [0.05, 0.1) is 7.11 Å². The smallest absolute Gasteiger partial charge is 0.341 e. The van der Waals surface area contributed by atoms with Crippen LogP contribution in [0.25, 0.3) is 17.2 Å². The van der Waals surface area contributed by atoms with Crippen LogP contribution in [0, 0.1) is 13.8 Å². The first-order chi connectivity index (χ1) is 15.4. The Morgan fingerprint density at radius 2 is 1.78 bits per heavy atom. The third-order valence-corrected chi connectivity index (χ3v) is 5.65. The van der Waals surface area contributed by atoms with Crippen molar-refractivity contribution >= 4 is 34.3 Å². The summed E-state index contributed by atoms with van der Waals surface area (Å²) in [6.45, 7) is 4.15. The van der Waals surface area contributed by atoms with E-state index in [9.17, 15) is 9.59 Å². The van der Waals surface area contributed by atoms with Crippen LogP contribution in [0.5, 0.6) is 5.75 Å². The van der Waals surface area contributed by atoms with Crippen LogP contribution in [0.15, 0.2) is 53.9 Å². The molecular weight excluding hydrogens is 426 g/mol. The largest absolute Gasteiger partial charge is 0.468 e. The van der Waals surface area contributed by atoms with E-state index in [4.69, 9.17) is 14.2 Å². The number of carbonyl (C=O) groups is 2. The number of thiophene rings is 1. The molecule has 2 aromatic carbocycles. The Morgan fingerprint density at radius 1 is 1.03 bits per heavy atom. The lowest BCUT2D eigenvalue weighted by molar-refractivity contribution is -0.111. The van der Waals surface area contributed by atoms with E-state index >= 15 is 0 Å². The quantitative estimate of drug-likeness (QED) is 0.280. The second-order valence-corrected chi connectivity index (χ2v) is 7.99. The first-order valence-corrected chi connectivity index (χ1v) is 10.8. The summed E-state index contributed by atoms with van der Waals surface area (Å²) in [6.07, 6.45) is 3.11. The van der Waals surface area contributed by atoms with Gasteiger partial charge >= 0.3 is 5.97 Å². The Hall–Kier alpha value is -3.42. The average molecular weight is 452 g/mol. The number of esters is 1. The van der Waals surface area contributed by atoms with Crippen LogP contribution in [-0.4, -0.2) is 32.9 Å². The van der Waals surface area contributed by atoms with E-state index in [0.29, 0.717) is 16.3 Å². The van der Waals surface area contributed by atoms with Crippen molar-refractivity contribution in [2.45, 2.75) is 13.8 Å². The number of hydrogen-bond acceptors (Lipinski definition) is 6. The number of amides is 1. The van der Waals surface area contributed by atoms with Gasteiger partial charge in [-0.05, 0) is 48.7 Å². The minimum absolute atomic E-state index is 0.172. The summed E-state index contributed by atoms with van der Waals surface area (Å²) in [5, 5.41) is 5.13. The molecule has 0 saturated heterocycles. The number of aryl methyl sites for hydroxylation is 2. The number of hydrogen-bond donors (Lipinski definition) is 1. The van der Waals surface area contributed by atoms with Gasteiger partial charge in [-0.25, -0.2) is 4.79 Å². The van der Waals surface area contributed by atoms with Gasteiger partial charge in [0, 0.05) is 24.1 Å². The fraction of sp³-hybridized carbons (Fsp3) is 0.200. The van der Waals surface area contributed by atoms with Crippen molar-refractivity contribution in [3.05, 3.63) is 76.2 Å². The molecule has 0 aliphatic heterocycles. The number of carbonyl (C=O) groups excluding carboxylic acids is 2. The van der Waals surface area contributed by atoms with Crippen LogP contribution < -0.4 is 10.1 Å². The first kappa shape index (κ1) is 23.2. The fourth-order valence-electron chi connectivity index (χ4n) is 3.11. The molecule has 0 fully saturated rings. The molecule has 1 aromatic heterocycles. The van der Waals surface area contributed by atoms with Gasteiger partial charge < -0.3 is 19.5 Å². The molecule has 0 aliphatic rings. The monoisotopic (exact) mass is 451 g/mol. The maximum atomic E-state index is 12.5. The van der Waals surface area contributed by atoms with E-state index in [2.05, 4.69) is 5.32 Å². The minimum Gasteiger partial charge on any atom is -0.468 e. The molecular formula is C25H25NO5S. The molecule has 1 N–H and O–H groups in total. The zero-order valence-corrected chi connectivity index (χ0v) is 19.2. The molecule has 3 rings (SSSR count). The maximum Gasteiger partial charge on any atom is 0.341 e. The number of methoxy groups -OCH3 is 2. The summed E-state index contributed by atoms with van der Waals surface area (Å²) in [5.74, 6) is -0.161. The molecule has 0 spiro atoms. The number of rotatable bonds is 8. The van der Waals surface area contributed by atoms with Crippen LogP contribution in [-0.2, 0) is 14.3 Å². The van der Waals surface area contributed by atoms with Crippen molar-refractivity contribution in [1.82, 2.24) is 0 Å². The Labute approximate surface area is 191 Å². The van der Waals surface area contributed by atoms with Crippen molar-refractivity contribution in [1.29, 1.82) is 0 Å². The normalized spacial score (nSPS) is 10.9. The lowest BCUT2D eigenvalue weighted by atomic mass is 9.97. The van der Waals surface area contributed by atoms with Gasteiger partial charge in [0.2, 0.25) is 5.91 Å². The molecule has 0 unspecified atom stereocenters. The first-order valence-electron chi connectivity index (χ1n) is 9.91. The molecule has 0 aliphatic carbocycles. The second-order valence-electron chi connectivity index (χ2n) is 7.11. The second kappa shape index (κ2) is 10.7. The Kier molecular flexibility index (Phi) is 7.81. The maximum absolute atomic E-state index is 12.5. The highest BCUT2D eigenvalue weighted by atomic mass is 32.1. The van der Waals surface area contributed by atoms with E-state index in [1.54, 1.807) is 25.3 Å². The molecule has 32 heavy (non-hydrogen) atoms. The number of anilines is 1. The van der Waals surface area contributed by atoms with E-state index in [1.165, 1.54) is 24.5 Å². The van der Waals surface area contributed by atoms with Gasteiger partial charge in [0.15, 0.2) is 6.79 Å². The number of nitrogens with one attached hydrogen (secondary N) is 1. The highest BCUT2D eigenvalue weighted by molar-refractivity contribution is 7.15. The molecule has 6 nitrogen and oxygen atoms in total. The third kappa shape index (κ3) is 5.63. The summed E-state index contributed by atoms with van der Waals surface area (Å²) in [6, 6.07) is 13.3. The summed E-state index contributed by atoms with van der Waals surface area (Å²) in [7, 11) is 2.89. The van der Waals surface area contributed by atoms with E-state index in [0.717, 1.165) is 27.8 Å². The molecule has 3 aromatic rings. The summed E-state index contributed by atoms with van der Waals surface area (Å²) >= 11 is 1.29. The highest BCUT2D eigenvalue weighted by Crippen LogP contribution is 2.38.